The largest absolute Gasteiger partial charge is 0.377 e. The molecule has 0 saturated carbocycles. The van der Waals surface area contributed by atoms with E-state index in [0.717, 1.165) is 6.07 Å². The van der Waals surface area contributed by atoms with E-state index in [1.54, 1.807) is 19.0 Å². The van der Waals surface area contributed by atoms with Gasteiger partial charge in [-0.2, -0.15) is 0 Å². The Morgan fingerprint density at radius 1 is 1.26 bits per heavy atom. The first-order valence-electron chi connectivity index (χ1n) is 6.51. The lowest BCUT2D eigenvalue weighted by Gasteiger charge is -2.17. The zero-order chi connectivity index (χ0) is 17.1. The maximum Gasteiger partial charge on any atom is 0.270 e. The molecule has 1 amide bonds. The molecule has 0 aromatic heterocycles. The second-order valence-corrected chi connectivity index (χ2v) is 5.34. The van der Waals surface area contributed by atoms with Gasteiger partial charge >= 0.3 is 0 Å². The van der Waals surface area contributed by atoms with Crippen LogP contribution in [0.5, 0.6) is 0 Å². The molecule has 0 aliphatic heterocycles. The molecule has 2 rings (SSSR count). The predicted molar refractivity (Wildman–Crippen MR) is 86.8 cm³/mol. The number of nitro groups is 1. The molecule has 2 aromatic carbocycles. The van der Waals surface area contributed by atoms with Crippen molar-refractivity contribution in [3.63, 3.8) is 0 Å². The normalized spacial score (nSPS) is 10.3. The van der Waals surface area contributed by atoms with Crippen molar-refractivity contribution >= 4 is 34.6 Å². The molecule has 0 bridgehead atoms. The number of nitrogens with one attached hydrogen (secondary N) is 1. The van der Waals surface area contributed by atoms with E-state index in [4.69, 9.17) is 11.6 Å². The Hall–Kier alpha value is -2.67. The van der Waals surface area contributed by atoms with E-state index < -0.39 is 16.6 Å². The maximum absolute atomic E-state index is 13.4. The van der Waals surface area contributed by atoms with Gasteiger partial charge in [0.05, 0.1) is 15.5 Å². The van der Waals surface area contributed by atoms with E-state index in [1.165, 1.54) is 30.3 Å². The van der Waals surface area contributed by atoms with E-state index in [9.17, 15) is 19.3 Å². The van der Waals surface area contributed by atoms with Gasteiger partial charge in [-0.15, -0.1) is 0 Å². The van der Waals surface area contributed by atoms with Gasteiger partial charge in [0, 0.05) is 37.6 Å². The van der Waals surface area contributed by atoms with Crippen molar-refractivity contribution < 1.29 is 14.1 Å². The van der Waals surface area contributed by atoms with Crippen LogP contribution < -0.4 is 10.2 Å². The Morgan fingerprint density at radius 2 is 1.96 bits per heavy atom. The third kappa shape index (κ3) is 3.75. The minimum atomic E-state index is -0.670. The fourth-order valence-electron chi connectivity index (χ4n) is 1.98. The molecule has 0 fully saturated rings. The van der Waals surface area contributed by atoms with Crippen LogP contribution in [0.3, 0.4) is 0 Å². The van der Waals surface area contributed by atoms with Crippen LogP contribution in [0.15, 0.2) is 36.4 Å². The minimum Gasteiger partial charge on any atom is -0.377 e. The summed E-state index contributed by atoms with van der Waals surface area (Å²) < 4.78 is 13.4. The van der Waals surface area contributed by atoms with Crippen molar-refractivity contribution in [1.29, 1.82) is 0 Å². The van der Waals surface area contributed by atoms with Crippen molar-refractivity contribution in [3.05, 3.63) is 62.9 Å². The highest BCUT2D eigenvalue weighted by Crippen LogP contribution is 2.26. The number of non-ortho nitro benzene ring substituents is 1. The molecule has 8 heteroatoms. The topological polar surface area (TPSA) is 75.5 Å². The van der Waals surface area contributed by atoms with Gasteiger partial charge < -0.3 is 10.2 Å². The molecule has 120 valence electrons. The van der Waals surface area contributed by atoms with Crippen LogP contribution in [0.2, 0.25) is 5.02 Å². The zero-order valence-corrected chi connectivity index (χ0v) is 13.1. The summed E-state index contributed by atoms with van der Waals surface area (Å²) in [6, 6.07) is 7.80. The van der Waals surface area contributed by atoms with Crippen LogP contribution in [-0.4, -0.2) is 24.9 Å². The molecular formula is C15H13ClFN3O3. The van der Waals surface area contributed by atoms with Crippen molar-refractivity contribution in [2.24, 2.45) is 0 Å². The third-order valence-corrected chi connectivity index (χ3v) is 3.40. The summed E-state index contributed by atoms with van der Waals surface area (Å²) in [5.41, 5.74) is 0.609. The van der Waals surface area contributed by atoms with Crippen LogP contribution in [-0.2, 0) is 0 Å². The van der Waals surface area contributed by atoms with E-state index in [0.29, 0.717) is 5.69 Å². The standard InChI is InChI=1S/C15H13ClFN3O3/c1-19(2)14-6-4-10(20(22)23)8-11(14)15(21)18-9-3-5-12(16)13(17)7-9/h3-8H,1-2H3,(H,18,21). The highest BCUT2D eigenvalue weighted by molar-refractivity contribution is 6.30. The van der Waals surface area contributed by atoms with Crippen LogP contribution in [0.25, 0.3) is 0 Å². The van der Waals surface area contributed by atoms with Crippen molar-refractivity contribution in [2.75, 3.05) is 24.3 Å². The average Bonchev–Trinajstić information content (AvgIpc) is 2.50. The first kappa shape index (κ1) is 16.7. The first-order chi connectivity index (χ1) is 10.8. The van der Waals surface area contributed by atoms with Gasteiger partial charge in [0.2, 0.25) is 0 Å². The molecule has 0 saturated heterocycles. The summed E-state index contributed by atoms with van der Waals surface area (Å²) in [5.74, 6) is -1.25. The molecule has 2 aromatic rings. The summed E-state index contributed by atoms with van der Waals surface area (Å²) in [6.07, 6.45) is 0. The summed E-state index contributed by atoms with van der Waals surface area (Å²) in [7, 11) is 3.42. The Labute approximate surface area is 136 Å². The highest BCUT2D eigenvalue weighted by atomic mass is 35.5. The first-order valence-corrected chi connectivity index (χ1v) is 6.89. The maximum atomic E-state index is 13.4. The van der Waals surface area contributed by atoms with Crippen molar-refractivity contribution in [3.8, 4) is 0 Å². The molecule has 1 N–H and O–H groups in total. The smallest absolute Gasteiger partial charge is 0.270 e. The number of carbonyl (C=O) groups excluding carboxylic acids is 1. The van der Waals surface area contributed by atoms with E-state index in [-0.39, 0.29) is 22.0 Å². The Balaban J connectivity index is 2.38. The van der Waals surface area contributed by atoms with E-state index in [1.807, 2.05) is 0 Å². The molecule has 0 aliphatic rings. The van der Waals surface area contributed by atoms with Crippen LogP contribution in [0, 0.1) is 15.9 Å². The van der Waals surface area contributed by atoms with Crippen LogP contribution >= 0.6 is 11.6 Å². The molecule has 0 radical (unpaired) electrons. The average molecular weight is 338 g/mol. The number of halogens is 2. The van der Waals surface area contributed by atoms with E-state index >= 15 is 0 Å². The van der Waals surface area contributed by atoms with Gasteiger partial charge in [0.25, 0.3) is 11.6 Å². The molecule has 6 nitrogen and oxygen atoms in total. The van der Waals surface area contributed by atoms with E-state index in [2.05, 4.69) is 5.32 Å². The lowest BCUT2D eigenvalue weighted by atomic mass is 10.1. The van der Waals surface area contributed by atoms with Crippen molar-refractivity contribution in [2.45, 2.75) is 0 Å². The van der Waals surface area contributed by atoms with Gasteiger partial charge in [0.15, 0.2) is 0 Å². The summed E-state index contributed by atoms with van der Waals surface area (Å²) in [5, 5.41) is 13.3. The van der Waals surface area contributed by atoms with Crippen LogP contribution in [0.1, 0.15) is 10.4 Å². The number of amides is 1. The number of hydrogen-bond acceptors (Lipinski definition) is 4. The highest BCUT2D eigenvalue weighted by Gasteiger charge is 2.18. The minimum absolute atomic E-state index is 0.0627. The molecule has 0 heterocycles. The molecule has 0 spiro atoms. The molecule has 0 aliphatic carbocycles. The second-order valence-electron chi connectivity index (χ2n) is 4.94. The molecule has 0 atom stereocenters. The summed E-state index contributed by atoms with van der Waals surface area (Å²) >= 11 is 5.59. The summed E-state index contributed by atoms with van der Waals surface area (Å²) in [6.45, 7) is 0. The number of benzene rings is 2. The summed E-state index contributed by atoms with van der Waals surface area (Å²) in [4.78, 5) is 24.4. The predicted octanol–water partition coefficient (Wildman–Crippen LogP) is 3.71. The number of rotatable bonds is 4. The molecular weight excluding hydrogens is 325 g/mol. The lowest BCUT2D eigenvalue weighted by Crippen LogP contribution is -2.18. The number of hydrogen-bond donors (Lipinski definition) is 1. The van der Waals surface area contributed by atoms with Gasteiger partial charge in [-0.1, -0.05) is 11.6 Å². The Morgan fingerprint density at radius 3 is 2.52 bits per heavy atom. The quantitative estimate of drug-likeness (QED) is 0.681. The number of carbonyl (C=O) groups is 1. The van der Waals surface area contributed by atoms with Crippen molar-refractivity contribution in [1.82, 2.24) is 0 Å². The number of nitro benzene ring substituents is 1. The fraction of sp³-hybridized carbons (Fsp3) is 0.133. The zero-order valence-electron chi connectivity index (χ0n) is 12.3. The monoisotopic (exact) mass is 337 g/mol. The van der Waals surface area contributed by atoms with Crippen LogP contribution in [0.4, 0.5) is 21.5 Å². The molecule has 0 unspecified atom stereocenters. The molecule has 23 heavy (non-hydrogen) atoms. The van der Waals surface area contributed by atoms with Gasteiger partial charge in [0.1, 0.15) is 5.82 Å². The Bertz CT molecular complexity index is 781. The van der Waals surface area contributed by atoms with Gasteiger partial charge in [-0.3, -0.25) is 14.9 Å². The SMILES string of the molecule is CN(C)c1ccc([N+](=O)[O-])cc1C(=O)Nc1ccc(Cl)c(F)c1. The van der Waals surface area contributed by atoms with Gasteiger partial charge in [-0.25, -0.2) is 4.39 Å². The number of nitrogens with zero attached hydrogens (tertiary/aromatic N) is 2. The van der Waals surface area contributed by atoms with Gasteiger partial charge in [-0.05, 0) is 24.3 Å². The third-order valence-electron chi connectivity index (χ3n) is 3.09. The number of anilines is 2. The lowest BCUT2D eigenvalue weighted by molar-refractivity contribution is -0.384. The Kier molecular flexibility index (Phi) is 4.80. The fourth-order valence-corrected chi connectivity index (χ4v) is 2.10. The second kappa shape index (κ2) is 6.62.